The second kappa shape index (κ2) is 6.22. The fourth-order valence-corrected chi connectivity index (χ4v) is 2.87. The third-order valence-corrected chi connectivity index (χ3v) is 4.48. The number of nitrogen functional groups attached to an aromatic ring is 1. The van der Waals surface area contributed by atoms with E-state index in [1.165, 1.54) is 5.69 Å². The van der Waals surface area contributed by atoms with Crippen molar-refractivity contribution in [1.29, 1.82) is 0 Å². The number of nitrogens with two attached hydrogens (primary N) is 1. The number of nitrogens with zero attached hydrogens (tertiary/aromatic N) is 2. The summed E-state index contributed by atoms with van der Waals surface area (Å²) in [5.41, 5.74) is 9.17. The van der Waals surface area contributed by atoms with Gasteiger partial charge in [0.25, 0.3) is 0 Å². The van der Waals surface area contributed by atoms with E-state index in [9.17, 15) is 0 Å². The van der Waals surface area contributed by atoms with E-state index in [1.54, 1.807) is 0 Å². The highest BCUT2D eigenvalue weighted by atomic mass is 15.3. The summed E-state index contributed by atoms with van der Waals surface area (Å²) in [6.07, 6.45) is 1.13. The minimum absolute atomic E-state index is 0.319. The molecule has 2 N–H and O–H groups in total. The lowest BCUT2D eigenvalue weighted by molar-refractivity contribution is 0.465. The molecule has 2 atom stereocenters. The fourth-order valence-electron chi connectivity index (χ4n) is 2.87. The average molecular weight is 293 g/mol. The molecule has 2 aromatic carbocycles. The van der Waals surface area contributed by atoms with E-state index in [0.717, 1.165) is 30.1 Å². The van der Waals surface area contributed by atoms with E-state index >= 15 is 0 Å². The number of anilines is 2. The topological polar surface area (TPSA) is 41.6 Å². The van der Waals surface area contributed by atoms with Crippen LogP contribution in [-0.2, 0) is 0 Å². The van der Waals surface area contributed by atoms with Gasteiger partial charge in [-0.15, -0.1) is 0 Å². The Kier molecular flexibility index (Phi) is 4.14. The summed E-state index contributed by atoms with van der Waals surface area (Å²) < 4.78 is 0. The monoisotopic (exact) mass is 293 g/mol. The maximum absolute atomic E-state index is 6.19. The summed E-state index contributed by atoms with van der Waals surface area (Å²) in [7, 11) is 0. The standard InChI is InChI=1S/C19H23N3/c1-3-14(2)18-13-22(15-9-5-4-6-10-15)19(21-18)16-11-7-8-12-17(16)20/h4-12,14,18H,3,13,20H2,1-2H3/t14?,18-/m1/s1. The van der Waals surface area contributed by atoms with Crippen molar-refractivity contribution in [1.82, 2.24) is 0 Å². The van der Waals surface area contributed by atoms with Gasteiger partial charge in [0.15, 0.2) is 0 Å². The van der Waals surface area contributed by atoms with Gasteiger partial charge in [0.05, 0.1) is 6.04 Å². The first-order valence-corrected chi connectivity index (χ1v) is 7.96. The van der Waals surface area contributed by atoms with Gasteiger partial charge in [0.2, 0.25) is 0 Å². The van der Waals surface area contributed by atoms with Crippen molar-refractivity contribution in [3.8, 4) is 0 Å². The molecule has 0 spiro atoms. The van der Waals surface area contributed by atoms with Crippen LogP contribution in [0.3, 0.4) is 0 Å². The van der Waals surface area contributed by atoms with Gasteiger partial charge in [-0.3, -0.25) is 4.99 Å². The molecule has 0 radical (unpaired) electrons. The third-order valence-electron chi connectivity index (χ3n) is 4.48. The van der Waals surface area contributed by atoms with Gasteiger partial charge in [-0.05, 0) is 30.2 Å². The zero-order valence-corrected chi connectivity index (χ0v) is 13.2. The first kappa shape index (κ1) is 14.6. The highest BCUT2D eigenvalue weighted by Crippen LogP contribution is 2.29. The van der Waals surface area contributed by atoms with E-state index in [4.69, 9.17) is 10.7 Å². The molecule has 0 saturated carbocycles. The molecule has 1 aliphatic rings. The largest absolute Gasteiger partial charge is 0.398 e. The van der Waals surface area contributed by atoms with E-state index in [-0.39, 0.29) is 0 Å². The Morgan fingerprint density at radius 1 is 1.14 bits per heavy atom. The Labute approximate surface area is 132 Å². The van der Waals surface area contributed by atoms with Crippen molar-refractivity contribution in [2.24, 2.45) is 10.9 Å². The second-order valence-corrected chi connectivity index (χ2v) is 5.94. The van der Waals surface area contributed by atoms with Crippen molar-refractivity contribution < 1.29 is 0 Å². The summed E-state index contributed by atoms with van der Waals surface area (Å²) in [5, 5.41) is 0. The van der Waals surface area contributed by atoms with E-state index < -0.39 is 0 Å². The van der Waals surface area contributed by atoms with Crippen LogP contribution in [0.15, 0.2) is 59.6 Å². The summed E-state index contributed by atoms with van der Waals surface area (Å²) in [6, 6.07) is 18.7. The van der Waals surface area contributed by atoms with Crippen LogP contribution in [0.2, 0.25) is 0 Å². The SMILES string of the molecule is CCC(C)[C@H]1CN(c2ccccc2)C(c2ccccc2N)=N1. The van der Waals surface area contributed by atoms with E-state index in [0.29, 0.717) is 12.0 Å². The van der Waals surface area contributed by atoms with Gasteiger partial charge in [-0.2, -0.15) is 0 Å². The lowest BCUT2D eigenvalue weighted by Crippen LogP contribution is -2.31. The molecule has 1 aliphatic heterocycles. The van der Waals surface area contributed by atoms with Gasteiger partial charge >= 0.3 is 0 Å². The molecule has 0 bridgehead atoms. The van der Waals surface area contributed by atoms with Gasteiger partial charge in [0.1, 0.15) is 5.84 Å². The van der Waals surface area contributed by atoms with E-state index in [2.05, 4.69) is 49.1 Å². The van der Waals surface area contributed by atoms with Crippen LogP contribution in [0.1, 0.15) is 25.8 Å². The fraction of sp³-hybridized carbons (Fsp3) is 0.316. The van der Waals surface area contributed by atoms with Crippen LogP contribution in [-0.4, -0.2) is 18.4 Å². The van der Waals surface area contributed by atoms with Gasteiger partial charge in [-0.1, -0.05) is 50.6 Å². The number of hydrogen-bond acceptors (Lipinski definition) is 3. The predicted molar refractivity (Wildman–Crippen MR) is 94.4 cm³/mol. The smallest absolute Gasteiger partial charge is 0.137 e. The number of amidine groups is 1. The molecule has 0 aromatic heterocycles. The van der Waals surface area contributed by atoms with Crippen LogP contribution < -0.4 is 10.6 Å². The lowest BCUT2D eigenvalue weighted by Gasteiger charge is -2.23. The van der Waals surface area contributed by atoms with Crippen LogP contribution in [0.5, 0.6) is 0 Å². The number of hydrogen-bond donors (Lipinski definition) is 1. The van der Waals surface area contributed by atoms with Crippen molar-refractivity contribution in [2.75, 3.05) is 17.2 Å². The predicted octanol–water partition coefficient (Wildman–Crippen LogP) is 3.95. The molecule has 114 valence electrons. The van der Waals surface area contributed by atoms with Gasteiger partial charge in [-0.25, -0.2) is 0 Å². The maximum Gasteiger partial charge on any atom is 0.137 e. The van der Waals surface area contributed by atoms with Crippen LogP contribution in [0, 0.1) is 5.92 Å². The summed E-state index contributed by atoms with van der Waals surface area (Å²) in [4.78, 5) is 7.30. The number of rotatable bonds is 4. The Morgan fingerprint density at radius 3 is 2.50 bits per heavy atom. The molecule has 1 unspecified atom stereocenters. The van der Waals surface area contributed by atoms with Gasteiger partial charge in [0, 0.05) is 23.5 Å². The number of para-hydroxylation sites is 2. The summed E-state index contributed by atoms with van der Waals surface area (Å²) >= 11 is 0. The number of benzene rings is 2. The Bertz CT molecular complexity index is 663. The number of aliphatic imine (C=N–C) groups is 1. The minimum atomic E-state index is 0.319. The molecule has 3 nitrogen and oxygen atoms in total. The lowest BCUT2D eigenvalue weighted by atomic mass is 10.0. The van der Waals surface area contributed by atoms with Crippen molar-refractivity contribution in [3.05, 3.63) is 60.2 Å². The first-order valence-electron chi connectivity index (χ1n) is 7.96. The normalized spacial score (nSPS) is 19.1. The van der Waals surface area contributed by atoms with Crippen LogP contribution >= 0.6 is 0 Å². The second-order valence-electron chi connectivity index (χ2n) is 5.94. The Morgan fingerprint density at radius 2 is 1.82 bits per heavy atom. The molecular formula is C19H23N3. The quantitative estimate of drug-likeness (QED) is 0.867. The maximum atomic E-state index is 6.19. The van der Waals surface area contributed by atoms with E-state index in [1.807, 2.05) is 24.3 Å². The average Bonchev–Trinajstić information content (AvgIpc) is 3.00. The molecule has 2 aromatic rings. The Hall–Kier alpha value is -2.29. The minimum Gasteiger partial charge on any atom is -0.398 e. The highest BCUT2D eigenvalue weighted by Gasteiger charge is 2.30. The van der Waals surface area contributed by atoms with Crippen LogP contribution in [0.25, 0.3) is 0 Å². The highest BCUT2D eigenvalue weighted by molar-refractivity contribution is 6.14. The molecule has 3 heteroatoms. The Balaban J connectivity index is 2.03. The van der Waals surface area contributed by atoms with Gasteiger partial charge < -0.3 is 10.6 Å². The zero-order valence-electron chi connectivity index (χ0n) is 13.2. The molecule has 0 fully saturated rings. The molecule has 3 rings (SSSR count). The van der Waals surface area contributed by atoms with Crippen molar-refractivity contribution in [2.45, 2.75) is 26.3 Å². The zero-order chi connectivity index (χ0) is 15.5. The van der Waals surface area contributed by atoms with Crippen molar-refractivity contribution >= 4 is 17.2 Å². The molecular weight excluding hydrogens is 270 g/mol. The first-order chi connectivity index (χ1) is 10.7. The molecule has 0 saturated heterocycles. The molecule has 1 heterocycles. The molecule has 0 aliphatic carbocycles. The summed E-state index contributed by atoms with van der Waals surface area (Å²) in [5.74, 6) is 1.56. The molecule has 0 amide bonds. The molecule has 22 heavy (non-hydrogen) atoms. The third kappa shape index (κ3) is 2.71. The summed E-state index contributed by atoms with van der Waals surface area (Å²) in [6.45, 7) is 5.42. The van der Waals surface area contributed by atoms with Crippen LogP contribution in [0.4, 0.5) is 11.4 Å². The van der Waals surface area contributed by atoms with Crippen molar-refractivity contribution in [3.63, 3.8) is 0 Å².